The van der Waals surface area contributed by atoms with Crippen molar-refractivity contribution in [2.24, 2.45) is 5.92 Å². The Balaban J connectivity index is 2.52. The van der Waals surface area contributed by atoms with Gasteiger partial charge in [-0.25, -0.2) is 0 Å². The summed E-state index contributed by atoms with van der Waals surface area (Å²) in [6.45, 7) is 7.99. The second kappa shape index (κ2) is 3.42. The van der Waals surface area contributed by atoms with E-state index in [1.165, 1.54) is 0 Å². The van der Waals surface area contributed by atoms with E-state index < -0.39 is 0 Å². The minimum Gasteiger partial charge on any atom is -0.382 e. The lowest BCUT2D eigenvalue weighted by Crippen LogP contribution is -2.31. The van der Waals surface area contributed by atoms with E-state index in [0.29, 0.717) is 12.0 Å². The molecule has 0 radical (unpaired) electrons. The highest BCUT2D eigenvalue weighted by molar-refractivity contribution is 5.17. The molecule has 2 unspecified atom stereocenters. The molecule has 1 nitrogen and oxygen atoms in total. The predicted molar refractivity (Wildman–Crippen MR) is 49.2 cm³/mol. The molecule has 11 heavy (non-hydrogen) atoms. The van der Waals surface area contributed by atoms with Crippen LogP contribution in [-0.2, 0) is 0 Å². The van der Waals surface area contributed by atoms with Crippen LogP contribution in [0.1, 0.15) is 13.8 Å². The highest BCUT2D eigenvalue weighted by atomic mass is 14.9. The van der Waals surface area contributed by atoms with Gasteiger partial charge in [0.25, 0.3) is 0 Å². The van der Waals surface area contributed by atoms with Crippen LogP contribution in [-0.4, -0.2) is 6.04 Å². The average molecular weight is 149 g/mol. The summed E-state index contributed by atoms with van der Waals surface area (Å²) in [6.07, 6.45) is 8.52. The average Bonchev–Trinajstić information content (AvgIpc) is 1.93. The minimum absolute atomic E-state index is 0.428. The molecule has 0 spiro atoms. The van der Waals surface area contributed by atoms with Gasteiger partial charge in [-0.3, -0.25) is 0 Å². The maximum atomic E-state index is 3.81. The first-order chi connectivity index (χ1) is 5.20. The highest BCUT2D eigenvalue weighted by Crippen LogP contribution is 2.11. The van der Waals surface area contributed by atoms with Crippen LogP contribution in [0.25, 0.3) is 0 Å². The molecule has 1 rings (SSSR count). The zero-order valence-electron chi connectivity index (χ0n) is 7.17. The maximum Gasteiger partial charge on any atom is 0.0504 e. The summed E-state index contributed by atoms with van der Waals surface area (Å²) in [7, 11) is 0. The van der Waals surface area contributed by atoms with Gasteiger partial charge in [-0.15, -0.1) is 0 Å². The summed E-state index contributed by atoms with van der Waals surface area (Å²) >= 11 is 0. The Morgan fingerprint density at radius 3 is 2.55 bits per heavy atom. The normalized spacial score (nSPS) is 28.5. The van der Waals surface area contributed by atoms with Gasteiger partial charge in [0.05, 0.1) is 6.04 Å². The third kappa shape index (κ3) is 2.26. The molecule has 0 aromatic heterocycles. The second-order valence-electron chi connectivity index (χ2n) is 3.08. The van der Waals surface area contributed by atoms with Crippen molar-refractivity contribution in [1.82, 2.24) is 5.32 Å². The standard InChI is InChI=1S/C10H15N/c1-8(2)11-10-7-5-4-6-9(10)3/h4-7,9-11H,1H2,2-3H3. The molecule has 1 aliphatic carbocycles. The van der Waals surface area contributed by atoms with E-state index in [9.17, 15) is 0 Å². The molecule has 0 aromatic rings. The van der Waals surface area contributed by atoms with Gasteiger partial charge in [-0.2, -0.15) is 0 Å². The lowest BCUT2D eigenvalue weighted by molar-refractivity contribution is 0.542. The first-order valence-corrected chi connectivity index (χ1v) is 3.97. The molecular weight excluding hydrogens is 134 g/mol. The van der Waals surface area contributed by atoms with Crippen LogP contribution in [0.2, 0.25) is 0 Å². The number of nitrogens with one attached hydrogen (secondary N) is 1. The summed E-state index contributed by atoms with van der Waals surface area (Å²) < 4.78 is 0. The van der Waals surface area contributed by atoms with Gasteiger partial charge >= 0.3 is 0 Å². The van der Waals surface area contributed by atoms with Gasteiger partial charge in [0, 0.05) is 5.70 Å². The lowest BCUT2D eigenvalue weighted by Gasteiger charge is -2.22. The number of hydrogen-bond donors (Lipinski definition) is 1. The van der Waals surface area contributed by atoms with Crippen molar-refractivity contribution in [2.75, 3.05) is 0 Å². The zero-order valence-corrected chi connectivity index (χ0v) is 7.17. The first kappa shape index (κ1) is 8.12. The van der Waals surface area contributed by atoms with E-state index in [1.807, 2.05) is 6.92 Å². The van der Waals surface area contributed by atoms with Crippen molar-refractivity contribution >= 4 is 0 Å². The summed E-state index contributed by atoms with van der Waals surface area (Å²) in [4.78, 5) is 0. The molecule has 60 valence electrons. The monoisotopic (exact) mass is 149 g/mol. The Hall–Kier alpha value is -0.980. The Bertz CT molecular complexity index is 201. The fourth-order valence-electron chi connectivity index (χ4n) is 1.18. The molecule has 0 bridgehead atoms. The van der Waals surface area contributed by atoms with Gasteiger partial charge in [0.2, 0.25) is 0 Å². The summed E-state index contributed by atoms with van der Waals surface area (Å²) in [5, 5.41) is 3.30. The van der Waals surface area contributed by atoms with Crippen LogP contribution in [0.4, 0.5) is 0 Å². The molecule has 2 atom stereocenters. The Morgan fingerprint density at radius 2 is 2.00 bits per heavy atom. The van der Waals surface area contributed by atoms with Crippen molar-refractivity contribution in [2.45, 2.75) is 19.9 Å². The molecule has 0 saturated heterocycles. The van der Waals surface area contributed by atoms with Gasteiger partial charge in [-0.05, 0) is 12.8 Å². The van der Waals surface area contributed by atoms with Crippen molar-refractivity contribution in [3.8, 4) is 0 Å². The van der Waals surface area contributed by atoms with Crippen LogP contribution < -0.4 is 5.32 Å². The highest BCUT2D eigenvalue weighted by Gasteiger charge is 2.11. The van der Waals surface area contributed by atoms with Crippen molar-refractivity contribution in [3.63, 3.8) is 0 Å². The largest absolute Gasteiger partial charge is 0.382 e. The molecule has 0 amide bonds. The first-order valence-electron chi connectivity index (χ1n) is 3.97. The number of allylic oxidation sites excluding steroid dienone is 3. The Kier molecular flexibility index (Phi) is 2.53. The molecule has 1 heteroatoms. The van der Waals surface area contributed by atoms with Gasteiger partial charge in [0.1, 0.15) is 0 Å². The maximum absolute atomic E-state index is 3.81. The molecule has 1 N–H and O–H groups in total. The van der Waals surface area contributed by atoms with E-state index in [2.05, 4.69) is 43.1 Å². The van der Waals surface area contributed by atoms with Gasteiger partial charge in [-0.1, -0.05) is 37.8 Å². The number of rotatable bonds is 2. The van der Waals surface area contributed by atoms with Gasteiger partial charge in [0.15, 0.2) is 0 Å². The molecule has 1 aliphatic rings. The summed E-state index contributed by atoms with van der Waals surface area (Å²) in [5.74, 6) is 0.566. The number of hydrogen-bond acceptors (Lipinski definition) is 1. The van der Waals surface area contributed by atoms with E-state index in [1.54, 1.807) is 0 Å². The van der Waals surface area contributed by atoms with Crippen LogP contribution in [0.5, 0.6) is 0 Å². The van der Waals surface area contributed by atoms with E-state index in [-0.39, 0.29) is 0 Å². The lowest BCUT2D eigenvalue weighted by atomic mass is 9.97. The van der Waals surface area contributed by atoms with Crippen LogP contribution in [0.3, 0.4) is 0 Å². The topological polar surface area (TPSA) is 12.0 Å². The third-order valence-electron chi connectivity index (χ3n) is 1.82. The molecule has 0 aromatic carbocycles. The predicted octanol–water partition coefficient (Wildman–Crippen LogP) is 2.24. The summed E-state index contributed by atoms with van der Waals surface area (Å²) in [6, 6.07) is 0.428. The molecular formula is C10H15N. The molecule has 0 saturated carbocycles. The molecule has 0 aliphatic heterocycles. The summed E-state index contributed by atoms with van der Waals surface area (Å²) in [5.41, 5.74) is 1.03. The van der Waals surface area contributed by atoms with E-state index in [4.69, 9.17) is 0 Å². The van der Waals surface area contributed by atoms with E-state index >= 15 is 0 Å². The van der Waals surface area contributed by atoms with Gasteiger partial charge < -0.3 is 5.32 Å². The third-order valence-corrected chi connectivity index (χ3v) is 1.82. The molecule has 0 fully saturated rings. The Morgan fingerprint density at radius 1 is 1.36 bits per heavy atom. The Labute approximate surface area is 68.5 Å². The zero-order chi connectivity index (χ0) is 8.27. The van der Waals surface area contributed by atoms with Crippen molar-refractivity contribution in [1.29, 1.82) is 0 Å². The second-order valence-corrected chi connectivity index (χ2v) is 3.08. The smallest absolute Gasteiger partial charge is 0.0504 e. The fraction of sp³-hybridized carbons (Fsp3) is 0.400. The van der Waals surface area contributed by atoms with Crippen LogP contribution in [0.15, 0.2) is 36.6 Å². The van der Waals surface area contributed by atoms with Crippen molar-refractivity contribution in [3.05, 3.63) is 36.6 Å². The minimum atomic E-state index is 0.428. The van der Waals surface area contributed by atoms with Crippen molar-refractivity contribution < 1.29 is 0 Å². The van der Waals surface area contributed by atoms with Crippen LogP contribution in [0, 0.1) is 5.92 Å². The van der Waals surface area contributed by atoms with Crippen LogP contribution >= 0.6 is 0 Å². The fourth-order valence-corrected chi connectivity index (χ4v) is 1.18. The SMILES string of the molecule is C=C(C)NC1C=CC=CC1C. The quantitative estimate of drug-likeness (QED) is 0.635. The van der Waals surface area contributed by atoms with E-state index in [0.717, 1.165) is 5.70 Å². The molecule has 0 heterocycles.